The van der Waals surface area contributed by atoms with Crippen molar-refractivity contribution in [1.82, 2.24) is 19.9 Å². The normalized spacial score (nSPS) is 12.9. The van der Waals surface area contributed by atoms with Crippen LogP contribution >= 0.6 is 0 Å². The zero-order valence-electron chi connectivity index (χ0n) is 27.1. The van der Waals surface area contributed by atoms with Gasteiger partial charge >= 0.3 is 0 Å². The van der Waals surface area contributed by atoms with E-state index in [0.29, 0.717) is 0 Å². The number of hydrogen-bond donors (Lipinski definition) is 0. The first-order valence-corrected chi connectivity index (χ1v) is 15.7. The summed E-state index contributed by atoms with van der Waals surface area (Å²) in [7, 11) is 0. The van der Waals surface area contributed by atoms with Crippen LogP contribution in [0.5, 0.6) is 0 Å². The van der Waals surface area contributed by atoms with Crippen molar-refractivity contribution in [2.75, 3.05) is 9.80 Å². The molecule has 4 heterocycles. The summed E-state index contributed by atoms with van der Waals surface area (Å²) in [6.45, 7) is 18.5. The van der Waals surface area contributed by atoms with Crippen LogP contribution in [0.4, 0.5) is 23.0 Å². The quantitative estimate of drug-likeness (QED) is 0.177. The van der Waals surface area contributed by atoms with Crippen LogP contribution in [0.15, 0.2) is 117 Å². The number of nitrogens with zero attached hydrogens (tertiary/aromatic N) is 6. The first kappa shape index (κ1) is 33.7. The molecule has 6 heteroatoms. The van der Waals surface area contributed by atoms with Crippen LogP contribution in [0, 0.1) is 0 Å². The van der Waals surface area contributed by atoms with Crippen LogP contribution in [0.3, 0.4) is 0 Å². The summed E-state index contributed by atoms with van der Waals surface area (Å²) in [5.41, 5.74) is 7.03. The van der Waals surface area contributed by atoms with Crippen LogP contribution in [0.2, 0.25) is 0 Å². The SMILES string of the molecule is C=C.CC.CC.CCCc1ccccc1N1c2nc(-c3cccnc3)c(-c3cccnc3)nc2N(c2ccccc2)C1CC. The maximum absolute atomic E-state index is 5.39. The molecule has 6 rings (SSSR count). The molecule has 228 valence electrons. The predicted molar refractivity (Wildman–Crippen MR) is 188 cm³/mol. The summed E-state index contributed by atoms with van der Waals surface area (Å²) in [5.74, 6) is 1.71. The van der Waals surface area contributed by atoms with Crippen molar-refractivity contribution in [3.8, 4) is 22.5 Å². The van der Waals surface area contributed by atoms with Gasteiger partial charge in [-0.05, 0) is 60.9 Å². The zero-order valence-corrected chi connectivity index (χ0v) is 27.1. The molecule has 3 aromatic heterocycles. The lowest BCUT2D eigenvalue weighted by Gasteiger charge is -2.32. The smallest absolute Gasteiger partial charge is 0.179 e. The van der Waals surface area contributed by atoms with E-state index in [4.69, 9.17) is 9.97 Å². The molecule has 1 aliphatic rings. The van der Waals surface area contributed by atoms with Crippen LogP contribution < -0.4 is 9.80 Å². The fraction of sp³-hybridized carbons (Fsp3) is 0.263. The second-order valence-electron chi connectivity index (χ2n) is 9.39. The molecule has 2 aromatic carbocycles. The Morgan fingerprint density at radius 1 is 0.636 bits per heavy atom. The Hall–Kier alpha value is -4.84. The van der Waals surface area contributed by atoms with Crippen molar-refractivity contribution in [2.24, 2.45) is 0 Å². The summed E-state index contributed by atoms with van der Waals surface area (Å²) >= 11 is 0. The van der Waals surface area contributed by atoms with Gasteiger partial charge in [0, 0.05) is 47.3 Å². The van der Waals surface area contributed by atoms with Gasteiger partial charge in [0.1, 0.15) is 17.6 Å². The van der Waals surface area contributed by atoms with Gasteiger partial charge in [-0.1, -0.05) is 84.4 Å². The minimum atomic E-state index is 0.0244. The average Bonchev–Trinajstić information content (AvgIpc) is 3.45. The van der Waals surface area contributed by atoms with Crippen LogP contribution in [-0.2, 0) is 6.42 Å². The number of pyridine rings is 2. The highest BCUT2D eigenvalue weighted by molar-refractivity contribution is 5.89. The zero-order chi connectivity index (χ0) is 31.9. The number of rotatable bonds is 7. The third-order valence-electron chi connectivity index (χ3n) is 6.95. The standard InChI is InChI=1S/C32H30N6.2C2H6.C2H4/c1-3-12-23-13-8-9-18-27(23)38-28(4-2)37(26-16-6-5-7-17-26)31-32(38)36-30(25-15-11-20-34-22-25)29(35-31)24-14-10-19-33-21-24;3*1-2/h5-11,13-22,28H,3-4,12H2,1-2H3;2*1-2H3;1-2H2. The number of aromatic nitrogens is 4. The lowest BCUT2D eigenvalue weighted by Crippen LogP contribution is -2.38. The second kappa shape index (κ2) is 17.3. The highest BCUT2D eigenvalue weighted by Gasteiger charge is 2.41. The molecule has 0 bridgehead atoms. The van der Waals surface area contributed by atoms with Crippen molar-refractivity contribution < 1.29 is 0 Å². The van der Waals surface area contributed by atoms with Gasteiger partial charge in [0.2, 0.25) is 0 Å². The lowest BCUT2D eigenvalue weighted by atomic mass is 10.1. The minimum Gasteiger partial charge on any atom is -0.302 e. The molecule has 0 aliphatic carbocycles. The molecule has 1 unspecified atom stereocenters. The molecule has 1 atom stereocenters. The predicted octanol–water partition coefficient (Wildman–Crippen LogP) is 10.4. The van der Waals surface area contributed by atoms with Gasteiger partial charge < -0.3 is 9.80 Å². The van der Waals surface area contributed by atoms with Gasteiger partial charge in [-0.3, -0.25) is 9.97 Å². The monoisotopic (exact) mass is 586 g/mol. The van der Waals surface area contributed by atoms with Crippen molar-refractivity contribution in [3.05, 3.63) is 122 Å². The van der Waals surface area contributed by atoms with E-state index < -0.39 is 0 Å². The minimum absolute atomic E-state index is 0.0244. The molecular weight excluding hydrogens is 540 g/mol. The van der Waals surface area contributed by atoms with E-state index in [1.165, 1.54) is 11.3 Å². The number of aryl methyl sites for hydroxylation is 1. The third kappa shape index (κ3) is 7.03. The van der Waals surface area contributed by atoms with Crippen LogP contribution in [-0.4, -0.2) is 26.1 Å². The van der Waals surface area contributed by atoms with Crippen molar-refractivity contribution in [1.29, 1.82) is 0 Å². The van der Waals surface area contributed by atoms with E-state index >= 15 is 0 Å². The van der Waals surface area contributed by atoms with Crippen molar-refractivity contribution in [3.63, 3.8) is 0 Å². The summed E-state index contributed by atoms with van der Waals surface area (Å²) in [5, 5.41) is 0. The molecule has 0 N–H and O–H groups in total. The van der Waals surface area contributed by atoms with Crippen molar-refractivity contribution >= 4 is 23.0 Å². The molecular formula is C38H46N6. The summed E-state index contributed by atoms with van der Waals surface area (Å²) in [6, 6.07) is 27.1. The summed E-state index contributed by atoms with van der Waals surface area (Å²) < 4.78 is 0. The van der Waals surface area contributed by atoms with Crippen LogP contribution in [0.1, 0.15) is 59.9 Å². The van der Waals surface area contributed by atoms with Gasteiger partial charge in [0.15, 0.2) is 11.6 Å². The van der Waals surface area contributed by atoms with Gasteiger partial charge in [-0.15, -0.1) is 13.2 Å². The first-order chi connectivity index (χ1) is 21.8. The third-order valence-corrected chi connectivity index (χ3v) is 6.95. The number of hydrogen-bond acceptors (Lipinski definition) is 6. The lowest BCUT2D eigenvalue weighted by molar-refractivity contribution is 0.660. The van der Waals surface area contributed by atoms with E-state index in [1.807, 2.05) is 70.4 Å². The topological polar surface area (TPSA) is 58.0 Å². The Kier molecular flexibility index (Phi) is 13.2. The fourth-order valence-electron chi connectivity index (χ4n) is 5.30. The van der Waals surface area contributed by atoms with Gasteiger partial charge in [0.05, 0.1) is 0 Å². The van der Waals surface area contributed by atoms with E-state index in [0.717, 1.165) is 59.1 Å². The molecule has 0 saturated carbocycles. The van der Waals surface area contributed by atoms with Crippen molar-refractivity contribution in [2.45, 2.75) is 67.0 Å². The molecule has 0 amide bonds. The number of fused-ring (bicyclic) bond motifs is 1. The Balaban J connectivity index is 0.000000832. The Morgan fingerprint density at radius 2 is 1.16 bits per heavy atom. The molecule has 0 radical (unpaired) electrons. The largest absolute Gasteiger partial charge is 0.302 e. The highest BCUT2D eigenvalue weighted by Crippen LogP contribution is 2.49. The van der Waals surface area contributed by atoms with E-state index in [2.05, 4.69) is 95.3 Å². The highest BCUT2D eigenvalue weighted by atomic mass is 15.5. The Labute approximate surface area is 264 Å². The van der Waals surface area contributed by atoms with E-state index in [9.17, 15) is 0 Å². The number of anilines is 4. The number of para-hydroxylation sites is 2. The maximum atomic E-state index is 5.39. The molecule has 0 spiro atoms. The molecule has 0 saturated heterocycles. The Bertz CT molecular complexity index is 1540. The van der Waals surface area contributed by atoms with E-state index in [-0.39, 0.29) is 6.17 Å². The summed E-state index contributed by atoms with van der Waals surface area (Å²) in [6.07, 6.45) is 10.3. The summed E-state index contributed by atoms with van der Waals surface area (Å²) in [4.78, 5) is 24.2. The molecule has 5 aromatic rings. The van der Waals surface area contributed by atoms with E-state index in [1.54, 1.807) is 12.4 Å². The molecule has 44 heavy (non-hydrogen) atoms. The van der Waals surface area contributed by atoms with Gasteiger partial charge in [-0.2, -0.15) is 0 Å². The molecule has 6 nitrogen and oxygen atoms in total. The van der Waals surface area contributed by atoms with Crippen LogP contribution in [0.25, 0.3) is 22.5 Å². The first-order valence-electron chi connectivity index (χ1n) is 15.7. The molecule has 1 aliphatic heterocycles. The second-order valence-corrected chi connectivity index (χ2v) is 9.39. The van der Waals surface area contributed by atoms with Gasteiger partial charge in [-0.25, -0.2) is 9.97 Å². The Morgan fingerprint density at radius 3 is 1.66 bits per heavy atom. The average molecular weight is 587 g/mol. The van der Waals surface area contributed by atoms with Gasteiger partial charge in [0.25, 0.3) is 0 Å². The molecule has 0 fully saturated rings. The number of benzene rings is 2. The maximum Gasteiger partial charge on any atom is 0.179 e. The fourth-order valence-corrected chi connectivity index (χ4v) is 5.30.